The zero-order valence-corrected chi connectivity index (χ0v) is 15.1. The van der Waals surface area contributed by atoms with Crippen LogP contribution in [0.4, 0.5) is 0 Å². The van der Waals surface area contributed by atoms with Gasteiger partial charge in [-0.25, -0.2) is 13.1 Å². The second-order valence-electron chi connectivity index (χ2n) is 3.98. The summed E-state index contributed by atoms with van der Waals surface area (Å²) in [7, 11) is -2.08. The van der Waals surface area contributed by atoms with Gasteiger partial charge < -0.3 is 15.4 Å². The van der Waals surface area contributed by atoms with E-state index < -0.39 is 15.9 Å². The highest BCUT2D eigenvalue weighted by atomic mass is 35.5. The van der Waals surface area contributed by atoms with Crippen LogP contribution in [0.5, 0.6) is 0 Å². The van der Waals surface area contributed by atoms with Crippen molar-refractivity contribution in [1.82, 2.24) is 15.4 Å². The highest BCUT2D eigenvalue weighted by Crippen LogP contribution is 2.25. The van der Waals surface area contributed by atoms with E-state index in [-0.39, 0.29) is 23.2 Å². The summed E-state index contributed by atoms with van der Waals surface area (Å²) in [6, 6.07) is 2.89. The van der Waals surface area contributed by atoms with Gasteiger partial charge in [0, 0.05) is 26.7 Å². The molecule has 7 nitrogen and oxygen atoms in total. The average molecular weight is 392 g/mol. The third-order valence-corrected chi connectivity index (χ3v) is 5.47. The van der Waals surface area contributed by atoms with Crippen molar-refractivity contribution in [3.63, 3.8) is 0 Å². The summed E-state index contributed by atoms with van der Waals surface area (Å²) in [5.74, 6) is -0.394. The predicted molar refractivity (Wildman–Crippen MR) is 89.5 cm³/mol. The first-order chi connectivity index (χ1) is 9.95. The van der Waals surface area contributed by atoms with Gasteiger partial charge in [0.15, 0.2) is 0 Å². The highest BCUT2D eigenvalue weighted by molar-refractivity contribution is 7.91. The fraction of sp³-hybridized carbons (Fsp3) is 0.545. The number of amides is 1. The zero-order chi connectivity index (χ0) is 15.7. The maximum absolute atomic E-state index is 11.8. The molecule has 11 heteroatoms. The van der Waals surface area contributed by atoms with Crippen LogP contribution < -0.4 is 15.4 Å². The molecule has 1 aromatic rings. The van der Waals surface area contributed by atoms with E-state index in [0.29, 0.717) is 30.6 Å². The lowest BCUT2D eigenvalue weighted by atomic mass is 10.5. The second-order valence-corrected chi connectivity index (χ2v) is 7.68. The van der Waals surface area contributed by atoms with Gasteiger partial charge in [-0.05, 0) is 12.1 Å². The molecule has 0 bridgehead atoms. The van der Waals surface area contributed by atoms with Crippen LogP contribution >= 0.6 is 35.3 Å². The van der Waals surface area contributed by atoms with E-state index in [2.05, 4.69) is 15.4 Å². The maximum Gasteiger partial charge on any atom is 0.250 e. The Morgan fingerprint density at radius 1 is 1.32 bits per heavy atom. The number of carbonyl (C=O) groups excluding carboxylic acids is 1. The molecule has 3 N–H and O–H groups in total. The molecule has 0 aliphatic heterocycles. The fourth-order valence-corrected chi connectivity index (χ4v) is 3.84. The van der Waals surface area contributed by atoms with E-state index >= 15 is 0 Å². The SMILES string of the molecule is COCCNCCNC(=O)CNS(=O)(=O)c1ccc(Cl)s1.Cl. The molecule has 0 saturated carbocycles. The normalized spacial score (nSPS) is 11.0. The van der Waals surface area contributed by atoms with Crippen molar-refractivity contribution in [1.29, 1.82) is 0 Å². The van der Waals surface area contributed by atoms with Crippen LogP contribution in [0.15, 0.2) is 16.3 Å². The lowest BCUT2D eigenvalue weighted by Gasteiger charge is -2.07. The van der Waals surface area contributed by atoms with Gasteiger partial charge in [0.2, 0.25) is 5.91 Å². The Kier molecular flexibility index (Phi) is 11.0. The summed E-state index contributed by atoms with van der Waals surface area (Å²) in [6.07, 6.45) is 0. The number of rotatable bonds is 10. The quantitative estimate of drug-likeness (QED) is 0.503. The zero-order valence-electron chi connectivity index (χ0n) is 11.9. The van der Waals surface area contributed by atoms with Crippen molar-refractivity contribution in [3.8, 4) is 0 Å². The largest absolute Gasteiger partial charge is 0.383 e. The van der Waals surface area contributed by atoms with Gasteiger partial charge in [-0.3, -0.25) is 4.79 Å². The van der Waals surface area contributed by atoms with Crippen molar-refractivity contribution in [2.45, 2.75) is 4.21 Å². The first kappa shape index (κ1) is 21.6. The average Bonchev–Trinajstić information content (AvgIpc) is 2.88. The molecule has 0 aliphatic rings. The van der Waals surface area contributed by atoms with Gasteiger partial charge in [-0.2, -0.15) is 0 Å². The van der Waals surface area contributed by atoms with Crippen LogP contribution in [0.25, 0.3) is 0 Å². The topological polar surface area (TPSA) is 96.5 Å². The van der Waals surface area contributed by atoms with Crippen molar-refractivity contribution in [3.05, 3.63) is 16.5 Å². The van der Waals surface area contributed by atoms with Crippen molar-refractivity contribution < 1.29 is 17.9 Å². The maximum atomic E-state index is 11.8. The Morgan fingerprint density at radius 2 is 2.05 bits per heavy atom. The van der Waals surface area contributed by atoms with E-state index in [4.69, 9.17) is 16.3 Å². The molecule has 0 atom stereocenters. The van der Waals surface area contributed by atoms with Crippen LogP contribution in [-0.2, 0) is 19.6 Å². The monoisotopic (exact) mass is 391 g/mol. The van der Waals surface area contributed by atoms with Crippen molar-refractivity contribution in [2.75, 3.05) is 39.9 Å². The first-order valence-electron chi connectivity index (χ1n) is 6.17. The predicted octanol–water partition coefficient (Wildman–Crippen LogP) is 0.454. The molecule has 0 saturated heterocycles. The number of methoxy groups -OCH3 is 1. The minimum atomic E-state index is -3.69. The molecule has 0 radical (unpaired) electrons. The summed E-state index contributed by atoms with van der Waals surface area (Å²) in [6.45, 7) is 1.97. The van der Waals surface area contributed by atoms with Gasteiger partial charge in [-0.1, -0.05) is 11.6 Å². The molecule has 1 rings (SSSR count). The molecule has 0 spiro atoms. The number of carbonyl (C=O) groups is 1. The smallest absolute Gasteiger partial charge is 0.250 e. The summed E-state index contributed by atoms with van der Waals surface area (Å²) < 4.78 is 31.2. The number of hydrogen-bond acceptors (Lipinski definition) is 6. The van der Waals surface area contributed by atoms with E-state index in [1.165, 1.54) is 12.1 Å². The first-order valence-corrected chi connectivity index (χ1v) is 8.85. The van der Waals surface area contributed by atoms with E-state index in [1.807, 2.05) is 0 Å². The van der Waals surface area contributed by atoms with Gasteiger partial charge in [0.25, 0.3) is 10.0 Å². The summed E-state index contributed by atoms with van der Waals surface area (Å²) in [4.78, 5) is 11.5. The Hall–Kier alpha value is -0.420. The number of nitrogens with one attached hydrogen (secondary N) is 3. The minimum absolute atomic E-state index is 0. The fourth-order valence-electron chi connectivity index (χ4n) is 1.33. The molecule has 1 heterocycles. The van der Waals surface area contributed by atoms with Crippen LogP contribution in [0, 0.1) is 0 Å². The molecule has 0 fully saturated rings. The third kappa shape index (κ3) is 8.28. The Morgan fingerprint density at radius 3 is 2.64 bits per heavy atom. The molecule has 22 heavy (non-hydrogen) atoms. The molecule has 128 valence electrons. The van der Waals surface area contributed by atoms with Crippen molar-refractivity contribution in [2.24, 2.45) is 0 Å². The number of ether oxygens (including phenoxy) is 1. The number of hydrogen-bond donors (Lipinski definition) is 3. The Bertz CT molecular complexity index is 551. The molecule has 1 amide bonds. The molecule has 0 unspecified atom stereocenters. The molecular formula is C11H19Cl2N3O4S2. The molecule has 0 aliphatic carbocycles. The number of sulfonamides is 1. The number of halogens is 2. The van der Waals surface area contributed by atoms with Gasteiger partial charge in [0.1, 0.15) is 4.21 Å². The van der Waals surface area contributed by atoms with E-state index in [0.717, 1.165) is 11.3 Å². The summed E-state index contributed by atoms with van der Waals surface area (Å²) in [5, 5.41) is 5.65. The van der Waals surface area contributed by atoms with Crippen molar-refractivity contribution >= 4 is 51.3 Å². The van der Waals surface area contributed by atoms with Gasteiger partial charge in [0.05, 0.1) is 17.5 Å². The van der Waals surface area contributed by atoms with Gasteiger partial charge in [-0.15, -0.1) is 23.7 Å². The second kappa shape index (κ2) is 11.2. The summed E-state index contributed by atoms with van der Waals surface area (Å²) in [5.41, 5.74) is 0. The minimum Gasteiger partial charge on any atom is -0.383 e. The van der Waals surface area contributed by atoms with Crippen LogP contribution in [-0.4, -0.2) is 54.2 Å². The van der Waals surface area contributed by atoms with E-state index in [9.17, 15) is 13.2 Å². The highest BCUT2D eigenvalue weighted by Gasteiger charge is 2.17. The lowest BCUT2D eigenvalue weighted by molar-refractivity contribution is -0.119. The Balaban J connectivity index is 0.00000441. The molecule has 0 aromatic carbocycles. The lowest BCUT2D eigenvalue weighted by Crippen LogP contribution is -2.39. The summed E-state index contributed by atoms with van der Waals surface area (Å²) >= 11 is 6.62. The Labute approximate surface area is 145 Å². The third-order valence-electron chi connectivity index (χ3n) is 2.34. The standard InChI is InChI=1S/C11H18ClN3O4S2.ClH/c1-19-7-6-13-4-5-14-10(16)8-15-21(17,18)11-3-2-9(12)20-11;/h2-3,13,15H,4-8H2,1H3,(H,14,16);1H. The van der Waals surface area contributed by atoms with Gasteiger partial charge >= 0.3 is 0 Å². The molecule has 1 aromatic heterocycles. The van der Waals surface area contributed by atoms with Crippen LogP contribution in [0.2, 0.25) is 4.34 Å². The molecular weight excluding hydrogens is 373 g/mol. The van der Waals surface area contributed by atoms with E-state index in [1.54, 1.807) is 7.11 Å². The van der Waals surface area contributed by atoms with Crippen LogP contribution in [0.3, 0.4) is 0 Å². The van der Waals surface area contributed by atoms with Crippen LogP contribution in [0.1, 0.15) is 0 Å². The number of thiophene rings is 1.